The monoisotopic (exact) mass is 323 g/mol. The van der Waals surface area contributed by atoms with Gasteiger partial charge in [-0.25, -0.2) is 0 Å². The summed E-state index contributed by atoms with van der Waals surface area (Å²) >= 11 is 0. The average molecular weight is 323 g/mol. The third-order valence-corrected chi connectivity index (χ3v) is 3.99. The molecule has 2 N–H and O–H groups in total. The topological polar surface area (TPSA) is 58.5 Å². The molecular formula is C19H25N5. The number of hydrogen-bond acceptors (Lipinski definition) is 3. The van der Waals surface area contributed by atoms with E-state index in [0.717, 1.165) is 19.6 Å². The van der Waals surface area contributed by atoms with Gasteiger partial charge in [0, 0.05) is 41.5 Å². The standard InChI is InChI=1S/C19H25N5/c1-19(2,3)18-17(12-21-23-18)11-20-9-16-10-22-24(14-16)13-15-7-5-4-6-8-15/h4-8,10,12,14,20H,9,11,13H2,1-3H3,(H,21,23). The predicted octanol–water partition coefficient (Wildman–Crippen LogP) is 3.24. The summed E-state index contributed by atoms with van der Waals surface area (Å²) < 4.78 is 1.98. The van der Waals surface area contributed by atoms with E-state index in [-0.39, 0.29) is 5.41 Å². The Morgan fingerprint density at radius 3 is 2.58 bits per heavy atom. The lowest BCUT2D eigenvalue weighted by Gasteiger charge is -2.18. The fraction of sp³-hybridized carbons (Fsp3) is 0.368. The number of hydrogen-bond donors (Lipinski definition) is 2. The largest absolute Gasteiger partial charge is 0.308 e. The maximum absolute atomic E-state index is 4.44. The van der Waals surface area contributed by atoms with Crippen LogP contribution in [-0.2, 0) is 25.0 Å². The maximum atomic E-state index is 4.44. The molecule has 0 aliphatic heterocycles. The van der Waals surface area contributed by atoms with E-state index in [9.17, 15) is 0 Å². The first-order valence-electron chi connectivity index (χ1n) is 8.31. The van der Waals surface area contributed by atoms with Crippen molar-refractivity contribution in [3.05, 3.63) is 71.3 Å². The van der Waals surface area contributed by atoms with Crippen molar-refractivity contribution in [2.24, 2.45) is 0 Å². The minimum absolute atomic E-state index is 0.0775. The maximum Gasteiger partial charge on any atom is 0.0659 e. The quantitative estimate of drug-likeness (QED) is 0.732. The van der Waals surface area contributed by atoms with E-state index in [1.54, 1.807) is 0 Å². The summed E-state index contributed by atoms with van der Waals surface area (Å²) in [7, 11) is 0. The number of aromatic amines is 1. The second-order valence-corrected chi connectivity index (χ2v) is 7.16. The Hall–Kier alpha value is -2.40. The first kappa shape index (κ1) is 16.5. The van der Waals surface area contributed by atoms with Crippen LogP contribution in [0.15, 0.2) is 48.9 Å². The highest BCUT2D eigenvalue weighted by Crippen LogP contribution is 2.23. The van der Waals surface area contributed by atoms with Crippen LogP contribution in [0.4, 0.5) is 0 Å². The molecule has 3 rings (SSSR count). The van der Waals surface area contributed by atoms with Gasteiger partial charge in [-0.3, -0.25) is 9.78 Å². The van der Waals surface area contributed by atoms with Gasteiger partial charge in [0.25, 0.3) is 0 Å². The van der Waals surface area contributed by atoms with Crippen LogP contribution in [0.3, 0.4) is 0 Å². The number of benzene rings is 1. The van der Waals surface area contributed by atoms with E-state index in [0.29, 0.717) is 0 Å². The zero-order valence-corrected chi connectivity index (χ0v) is 14.6. The van der Waals surface area contributed by atoms with Crippen molar-refractivity contribution < 1.29 is 0 Å². The van der Waals surface area contributed by atoms with Crippen molar-refractivity contribution in [2.75, 3.05) is 0 Å². The summed E-state index contributed by atoms with van der Waals surface area (Å²) in [4.78, 5) is 0. The van der Waals surface area contributed by atoms with Crippen LogP contribution >= 0.6 is 0 Å². The number of rotatable bonds is 6. The Labute approximate surface area is 143 Å². The number of nitrogens with one attached hydrogen (secondary N) is 2. The molecule has 1 aromatic carbocycles. The summed E-state index contributed by atoms with van der Waals surface area (Å²) in [6, 6.07) is 10.4. The summed E-state index contributed by atoms with van der Waals surface area (Å²) in [5, 5.41) is 15.2. The van der Waals surface area contributed by atoms with E-state index in [4.69, 9.17) is 0 Å². The lowest BCUT2D eigenvalue weighted by molar-refractivity contribution is 0.553. The van der Waals surface area contributed by atoms with Gasteiger partial charge in [-0.05, 0) is 5.56 Å². The Bertz CT molecular complexity index is 764. The molecule has 0 radical (unpaired) electrons. The molecule has 0 aliphatic rings. The lowest BCUT2D eigenvalue weighted by Crippen LogP contribution is -2.18. The molecule has 0 atom stereocenters. The van der Waals surface area contributed by atoms with Gasteiger partial charge in [0.05, 0.1) is 18.9 Å². The van der Waals surface area contributed by atoms with Gasteiger partial charge < -0.3 is 5.32 Å². The molecule has 0 bridgehead atoms. The van der Waals surface area contributed by atoms with Gasteiger partial charge in [-0.2, -0.15) is 10.2 Å². The van der Waals surface area contributed by atoms with Crippen LogP contribution in [-0.4, -0.2) is 20.0 Å². The summed E-state index contributed by atoms with van der Waals surface area (Å²) in [5.41, 5.74) is 4.93. The fourth-order valence-electron chi connectivity index (χ4n) is 2.79. The van der Waals surface area contributed by atoms with Crippen LogP contribution in [0.25, 0.3) is 0 Å². The molecule has 0 aliphatic carbocycles. The van der Waals surface area contributed by atoms with Crippen LogP contribution in [0.2, 0.25) is 0 Å². The third-order valence-electron chi connectivity index (χ3n) is 3.99. The van der Waals surface area contributed by atoms with Crippen LogP contribution in [0.1, 0.15) is 43.2 Å². The van der Waals surface area contributed by atoms with Crippen molar-refractivity contribution >= 4 is 0 Å². The van der Waals surface area contributed by atoms with Gasteiger partial charge in [0.15, 0.2) is 0 Å². The molecule has 0 amide bonds. The zero-order valence-electron chi connectivity index (χ0n) is 14.6. The van der Waals surface area contributed by atoms with E-state index in [1.165, 1.54) is 22.4 Å². The Morgan fingerprint density at radius 2 is 1.83 bits per heavy atom. The van der Waals surface area contributed by atoms with E-state index in [1.807, 2.05) is 23.1 Å². The molecule has 2 aromatic heterocycles. The number of nitrogens with zero attached hydrogens (tertiary/aromatic N) is 3. The Balaban J connectivity index is 1.54. The first-order valence-corrected chi connectivity index (χ1v) is 8.31. The summed E-state index contributed by atoms with van der Waals surface area (Å²) in [6.07, 6.45) is 5.93. The van der Waals surface area contributed by atoms with Crippen LogP contribution < -0.4 is 5.32 Å². The van der Waals surface area contributed by atoms with Gasteiger partial charge >= 0.3 is 0 Å². The molecule has 3 aromatic rings. The second kappa shape index (κ2) is 7.01. The molecule has 2 heterocycles. The van der Waals surface area contributed by atoms with Crippen molar-refractivity contribution in [1.29, 1.82) is 0 Å². The number of aromatic nitrogens is 4. The molecule has 5 nitrogen and oxygen atoms in total. The minimum Gasteiger partial charge on any atom is -0.308 e. The molecule has 0 saturated heterocycles. The van der Waals surface area contributed by atoms with Gasteiger partial charge in [0.1, 0.15) is 0 Å². The lowest BCUT2D eigenvalue weighted by atomic mass is 9.89. The number of H-pyrrole nitrogens is 1. The van der Waals surface area contributed by atoms with Crippen LogP contribution in [0.5, 0.6) is 0 Å². The smallest absolute Gasteiger partial charge is 0.0659 e. The highest BCUT2D eigenvalue weighted by Gasteiger charge is 2.19. The molecule has 126 valence electrons. The summed E-state index contributed by atoms with van der Waals surface area (Å²) in [6.45, 7) is 8.97. The minimum atomic E-state index is 0.0775. The molecule has 0 fully saturated rings. The van der Waals surface area contributed by atoms with Crippen molar-refractivity contribution in [3.8, 4) is 0 Å². The normalized spacial score (nSPS) is 11.8. The fourth-order valence-corrected chi connectivity index (χ4v) is 2.79. The molecular weight excluding hydrogens is 298 g/mol. The van der Waals surface area contributed by atoms with Crippen molar-refractivity contribution in [1.82, 2.24) is 25.3 Å². The third kappa shape index (κ3) is 4.11. The molecule has 0 spiro atoms. The van der Waals surface area contributed by atoms with Crippen LogP contribution in [0, 0.1) is 0 Å². The first-order chi connectivity index (χ1) is 11.5. The zero-order chi connectivity index (χ0) is 17.0. The Morgan fingerprint density at radius 1 is 1.04 bits per heavy atom. The van der Waals surface area contributed by atoms with Crippen molar-refractivity contribution in [3.63, 3.8) is 0 Å². The van der Waals surface area contributed by atoms with E-state index < -0.39 is 0 Å². The summed E-state index contributed by atoms with van der Waals surface area (Å²) in [5.74, 6) is 0. The molecule has 0 unspecified atom stereocenters. The highest BCUT2D eigenvalue weighted by molar-refractivity contribution is 5.23. The van der Waals surface area contributed by atoms with Crippen molar-refractivity contribution in [2.45, 2.75) is 45.8 Å². The van der Waals surface area contributed by atoms with Gasteiger partial charge in [-0.15, -0.1) is 0 Å². The second-order valence-electron chi connectivity index (χ2n) is 7.16. The molecule has 0 saturated carbocycles. The van der Waals surface area contributed by atoms with Gasteiger partial charge in [0.2, 0.25) is 0 Å². The SMILES string of the molecule is CC(C)(C)c1[nH]ncc1CNCc1cnn(Cc2ccccc2)c1. The molecule has 24 heavy (non-hydrogen) atoms. The van der Waals surface area contributed by atoms with Gasteiger partial charge in [-0.1, -0.05) is 51.1 Å². The predicted molar refractivity (Wildman–Crippen MR) is 95.6 cm³/mol. The Kier molecular flexibility index (Phi) is 4.81. The van der Waals surface area contributed by atoms with E-state index in [2.05, 4.69) is 71.8 Å². The van der Waals surface area contributed by atoms with E-state index >= 15 is 0 Å². The average Bonchev–Trinajstić information content (AvgIpc) is 3.17. The highest BCUT2D eigenvalue weighted by atomic mass is 15.3. The molecule has 5 heteroatoms.